The van der Waals surface area contributed by atoms with E-state index in [1.54, 1.807) is 0 Å². The molecule has 1 fully saturated rings. The zero-order chi connectivity index (χ0) is 16.5. The summed E-state index contributed by atoms with van der Waals surface area (Å²) in [6, 6.07) is 8.79. The monoisotopic (exact) mass is 325 g/mol. The SMILES string of the molecule is CC1c2ccccc2CCN1C(=O)c1cn(C2CCNCC2)nn1. The Hall–Kier alpha value is -2.21. The molecule has 0 bridgehead atoms. The third kappa shape index (κ3) is 2.71. The summed E-state index contributed by atoms with van der Waals surface area (Å²) in [6.45, 7) is 4.81. The van der Waals surface area contributed by atoms with E-state index in [4.69, 9.17) is 0 Å². The fourth-order valence-corrected chi connectivity index (χ4v) is 3.82. The van der Waals surface area contributed by atoms with Crippen LogP contribution in [-0.4, -0.2) is 45.4 Å². The van der Waals surface area contributed by atoms with Crippen molar-refractivity contribution in [3.05, 3.63) is 47.3 Å². The van der Waals surface area contributed by atoms with Crippen LogP contribution in [0.1, 0.15) is 53.5 Å². The van der Waals surface area contributed by atoms with Gasteiger partial charge in [0.1, 0.15) is 0 Å². The van der Waals surface area contributed by atoms with Crippen LogP contribution in [-0.2, 0) is 6.42 Å². The highest BCUT2D eigenvalue weighted by molar-refractivity contribution is 5.92. The minimum absolute atomic E-state index is 0.0165. The highest BCUT2D eigenvalue weighted by atomic mass is 16.2. The molecule has 1 unspecified atom stereocenters. The minimum Gasteiger partial charge on any atom is -0.330 e. The molecule has 1 atom stereocenters. The van der Waals surface area contributed by atoms with Gasteiger partial charge in [-0.25, -0.2) is 4.68 Å². The van der Waals surface area contributed by atoms with Gasteiger partial charge in [-0.3, -0.25) is 4.79 Å². The van der Waals surface area contributed by atoms with Gasteiger partial charge in [0.15, 0.2) is 5.69 Å². The van der Waals surface area contributed by atoms with E-state index < -0.39 is 0 Å². The molecular weight excluding hydrogens is 302 g/mol. The highest BCUT2D eigenvalue weighted by Crippen LogP contribution is 2.30. The molecule has 1 N–H and O–H groups in total. The molecule has 6 nitrogen and oxygen atoms in total. The van der Waals surface area contributed by atoms with E-state index in [2.05, 4.69) is 40.8 Å². The third-order valence-electron chi connectivity index (χ3n) is 5.27. The summed E-state index contributed by atoms with van der Waals surface area (Å²) in [5.41, 5.74) is 3.04. The van der Waals surface area contributed by atoms with Crippen molar-refractivity contribution in [2.75, 3.05) is 19.6 Å². The lowest BCUT2D eigenvalue weighted by atomic mass is 9.93. The van der Waals surface area contributed by atoms with Gasteiger partial charge in [-0.05, 0) is 50.4 Å². The standard InChI is InChI=1S/C18H23N5O/c1-13-16-5-3-2-4-14(16)8-11-22(13)18(24)17-12-23(21-20-17)15-6-9-19-10-7-15/h2-5,12-13,15,19H,6-11H2,1H3. The number of piperidine rings is 1. The van der Waals surface area contributed by atoms with Crippen molar-refractivity contribution < 1.29 is 4.79 Å². The second-order valence-electron chi connectivity index (χ2n) is 6.69. The van der Waals surface area contributed by atoms with Crippen LogP contribution in [0.2, 0.25) is 0 Å². The molecule has 2 aromatic rings. The lowest BCUT2D eigenvalue weighted by Gasteiger charge is -2.34. The van der Waals surface area contributed by atoms with Crippen molar-refractivity contribution in [3.8, 4) is 0 Å². The molecule has 1 aromatic heterocycles. The van der Waals surface area contributed by atoms with Crippen LogP contribution in [0.3, 0.4) is 0 Å². The predicted molar refractivity (Wildman–Crippen MR) is 90.8 cm³/mol. The van der Waals surface area contributed by atoms with Crippen molar-refractivity contribution in [2.45, 2.75) is 38.3 Å². The first-order chi connectivity index (χ1) is 11.7. The van der Waals surface area contributed by atoms with Gasteiger partial charge in [0, 0.05) is 6.54 Å². The van der Waals surface area contributed by atoms with Crippen molar-refractivity contribution in [1.29, 1.82) is 0 Å². The van der Waals surface area contributed by atoms with E-state index >= 15 is 0 Å². The molecule has 2 aliphatic heterocycles. The molecule has 6 heteroatoms. The van der Waals surface area contributed by atoms with Crippen molar-refractivity contribution in [1.82, 2.24) is 25.2 Å². The Morgan fingerprint density at radius 3 is 2.88 bits per heavy atom. The molecule has 1 amide bonds. The van der Waals surface area contributed by atoms with Gasteiger partial charge in [-0.2, -0.15) is 0 Å². The number of nitrogens with zero attached hydrogens (tertiary/aromatic N) is 4. The number of hydrogen-bond donors (Lipinski definition) is 1. The summed E-state index contributed by atoms with van der Waals surface area (Å²) in [6.07, 6.45) is 4.79. The molecule has 0 aliphatic carbocycles. The van der Waals surface area contributed by atoms with Crippen LogP contribution in [0.5, 0.6) is 0 Å². The first-order valence-corrected chi connectivity index (χ1v) is 8.75. The molecule has 2 aliphatic rings. The van der Waals surface area contributed by atoms with Gasteiger partial charge in [0.25, 0.3) is 5.91 Å². The number of fused-ring (bicyclic) bond motifs is 1. The molecule has 24 heavy (non-hydrogen) atoms. The maximum absolute atomic E-state index is 12.9. The highest BCUT2D eigenvalue weighted by Gasteiger charge is 2.30. The number of carbonyl (C=O) groups is 1. The summed E-state index contributed by atoms with van der Waals surface area (Å²) in [7, 11) is 0. The molecule has 0 saturated carbocycles. The number of benzene rings is 1. The van der Waals surface area contributed by atoms with E-state index in [0.29, 0.717) is 11.7 Å². The molecule has 1 aromatic carbocycles. The maximum Gasteiger partial charge on any atom is 0.276 e. The Balaban J connectivity index is 1.53. The van der Waals surface area contributed by atoms with Crippen LogP contribution in [0.4, 0.5) is 0 Å². The average molecular weight is 325 g/mol. The summed E-state index contributed by atoms with van der Waals surface area (Å²) in [5.74, 6) is -0.0165. The Bertz CT molecular complexity index is 735. The summed E-state index contributed by atoms with van der Waals surface area (Å²) in [5, 5.41) is 11.7. The predicted octanol–water partition coefficient (Wildman–Crippen LogP) is 1.96. The van der Waals surface area contributed by atoms with Crippen LogP contribution in [0.15, 0.2) is 30.5 Å². The van der Waals surface area contributed by atoms with Crippen LogP contribution >= 0.6 is 0 Å². The minimum atomic E-state index is -0.0165. The molecule has 4 rings (SSSR count). The second-order valence-corrected chi connectivity index (χ2v) is 6.69. The molecule has 1 saturated heterocycles. The fourth-order valence-electron chi connectivity index (χ4n) is 3.82. The average Bonchev–Trinajstić information content (AvgIpc) is 3.13. The second kappa shape index (κ2) is 6.36. The van der Waals surface area contributed by atoms with Crippen molar-refractivity contribution in [2.24, 2.45) is 0 Å². The van der Waals surface area contributed by atoms with Gasteiger partial charge in [0.05, 0.1) is 18.3 Å². The number of carbonyl (C=O) groups excluding carboxylic acids is 1. The third-order valence-corrected chi connectivity index (χ3v) is 5.27. The number of nitrogens with one attached hydrogen (secondary N) is 1. The summed E-state index contributed by atoms with van der Waals surface area (Å²) >= 11 is 0. The van der Waals surface area contributed by atoms with E-state index in [1.807, 2.05) is 21.8 Å². The fraction of sp³-hybridized carbons (Fsp3) is 0.500. The van der Waals surface area contributed by atoms with Crippen LogP contribution in [0.25, 0.3) is 0 Å². The molecule has 0 spiro atoms. The van der Waals surface area contributed by atoms with Gasteiger partial charge in [-0.1, -0.05) is 29.5 Å². The number of hydrogen-bond acceptors (Lipinski definition) is 4. The smallest absolute Gasteiger partial charge is 0.276 e. The van der Waals surface area contributed by atoms with Gasteiger partial charge in [-0.15, -0.1) is 5.10 Å². The molecule has 126 valence electrons. The lowest BCUT2D eigenvalue weighted by Crippen LogP contribution is -2.39. The maximum atomic E-state index is 12.9. The van der Waals surface area contributed by atoms with Gasteiger partial charge < -0.3 is 10.2 Å². The van der Waals surface area contributed by atoms with Crippen LogP contribution < -0.4 is 5.32 Å². The van der Waals surface area contributed by atoms with E-state index in [0.717, 1.165) is 38.9 Å². The lowest BCUT2D eigenvalue weighted by molar-refractivity contribution is 0.0671. The van der Waals surface area contributed by atoms with E-state index in [-0.39, 0.29) is 11.9 Å². The molecular formula is C18H23N5O. The van der Waals surface area contributed by atoms with E-state index in [9.17, 15) is 4.79 Å². The zero-order valence-corrected chi connectivity index (χ0v) is 14.0. The number of rotatable bonds is 2. The zero-order valence-electron chi connectivity index (χ0n) is 14.0. The first kappa shape index (κ1) is 15.3. The number of amides is 1. The summed E-state index contributed by atoms with van der Waals surface area (Å²) in [4.78, 5) is 14.8. The quantitative estimate of drug-likeness (QED) is 0.917. The Morgan fingerprint density at radius 2 is 2.04 bits per heavy atom. The van der Waals surface area contributed by atoms with Gasteiger partial charge >= 0.3 is 0 Å². The topological polar surface area (TPSA) is 63.1 Å². The largest absolute Gasteiger partial charge is 0.330 e. The summed E-state index contributed by atoms with van der Waals surface area (Å²) < 4.78 is 1.87. The van der Waals surface area contributed by atoms with Crippen molar-refractivity contribution >= 4 is 5.91 Å². The Morgan fingerprint density at radius 1 is 1.25 bits per heavy atom. The normalized spacial score (nSPS) is 21.5. The van der Waals surface area contributed by atoms with Crippen LogP contribution in [0, 0.1) is 0 Å². The van der Waals surface area contributed by atoms with Crippen molar-refractivity contribution in [3.63, 3.8) is 0 Å². The van der Waals surface area contributed by atoms with E-state index in [1.165, 1.54) is 11.1 Å². The number of aromatic nitrogens is 3. The first-order valence-electron chi connectivity index (χ1n) is 8.75. The molecule has 3 heterocycles. The van der Waals surface area contributed by atoms with Gasteiger partial charge in [0.2, 0.25) is 0 Å². The Kier molecular flexibility index (Phi) is 4.06. The molecule has 0 radical (unpaired) electrons. The Labute approximate surface area is 141 Å².